The van der Waals surface area contributed by atoms with Crippen molar-refractivity contribution in [2.24, 2.45) is 11.3 Å². The van der Waals surface area contributed by atoms with Gasteiger partial charge in [-0.3, -0.25) is 0 Å². The van der Waals surface area contributed by atoms with Crippen LogP contribution in [0.15, 0.2) is 0 Å². The van der Waals surface area contributed by atoms with Crippen molar-refractivity contribution in [3.8, 4) is 0 Å². The van der Waals surface area contributed by atoms with Crippen LogP contribution in [0.4, 0.5) is 0 Å². The molecule has 0 N–H and O–H groups in total. The molecule has 1 unspecified atom stereocenters. The van der Waals surface area contributed by atoms with E-state index in [2.05, 4.69) is 36.7 Å². The fourth-order valence-corrected chi connectivity index (χ4v) is 3.69. The highest BCUT2D eigenvalue weighted by Crippen LogP contribution is 2.48. The first-order valence-electron chi connectivity index (χ1n) is 5.22. The SMILES string of the molecule is CCCC[C@]1(C)C[C@H](Br)CC1C. The van der Waals surface area contributed by atoms with E-state index in [1.54, 1.807) is 0 Å². The van der Waals surface area contributed by atoms with E-state index in [0.29, 0.717) is 5.41 Å². The molecule has 0 aromatic heterocycles. The molecule has 0 nitrogen and oxygen atoms in total. The molecule has 0 saturated heterocycles. The van der Waals surface area contributed by atoms with Gasteiger partial charge in [-0.15, -0.1) is 0 Å². The van der Waals surface area contributed by atoms with Crippen LogP contribution < -0.4 is 0 Å². The van der Waals surface area contributed by atoms with Crippen molar-refractivity contribution in [1.29, 1.82) is 0 Å². The Morgan fingerprint density at radius 1 is 1.50 bits per heavy atom. The molecule has 0 radical (unpaired) electrons. The van der Waals surface area contributed by atoms with Gasteiger partial charge in [0.15, 0.2) is 0 Å². The lowest BCUT2D eigenvalue weighted by Crippen LogP contribution is -2.19. The molecule has 0 aliphatic heterocycles. The van der Waals surface area contributed by atoms with E-state index in [4.69, 9.17) is 0 Å². The maximum absolute atomic E-state index is 3.75. The molecule has 0 aromatic rings. The number of halogens is 1. The van der Waals surface area contributed by atoms with Crippen molar-refractivity contribution >= 4 is 15.9 Å². The van der Waals surface area contributed by atoms with Crippen LogP contribution in [0.1, 0.15) is 52.9 Å². The highest BCUT2D eigenvalue weighted by Gasteiger charge is 2.39. The second-order valence-corrected chi connectivity index (χ2v) is 5.99. The summed E-state index contributed by atoms with van der Waals surface area (Å²) in [6.45, 7) is 7.17. The normalized spacial score (nSPS) is 42.0. The van der Waals surface area contributed by atoms with Crippen molar-refractivity contribution < 1.29 is 0 Å². The molecular formula is C11H21Br. The quantitative estimate of drug-likeness (QED) is 0.634. The first-order valence-corrected chi connectivity index (χ1v) is 6.14. The van der Waals surface area contributed by atoms with Gasteiger partial charge in [0, 0.05) is 4.83 Å². The van der Waals surface area contributed by atoms with Crippen LogP contribution in [0, 0.1) is 11.3 Å². The van der Waals surface area contributed by atoms with E-state index in [0.717, 1.165) is 10.7 Å². The molecule has 0 heterocycles. The van der Waals surface area contributed by atoms with E-state index in [1.807, 2.05) is 0 Å². The van der Waals surface area contributed by atoms with Crippen LogP contribution in [0.2, 0.25) is 0 Å². The monoisotopic (exact) mass is 232 g/mol. The van der Waals surface area contributed by atoms with Gasteiger partial charge >= 0.3 is 0 Å². The molecule has 72 valence electrons. The zero-order valence-corrected chi connectivity index (χ0v) is 10.2. The molecule has 1 fully saturated rings. The van der Waals surface area contributed by atoms with Crippen LogP contribution in [0.3, 0.4) is 0 Å². The molecule has 3 atom stereocenters. The summed E-state index contributed by atoms with van der Waals surface area (Å²) >= 11 is 3.75. The Bertz CT molecular complexity index is 144. The van der Waals surface area contributed by atoms with Crippen LogP contribution in [0.25, 0.3) is 0 Å². The lowest BCUT2D eigenvalue weighted by atomic mass is 9.77. The summed E-state index contributed by atoms with van der Waals surface area (Å²) in [5.41, 5.74) is 0.629. The Balaban J connectivity index is 2.46. The molecule has 0 spiro atoms. The molecule has 0 aromatic carbocycles. The average Bonchev–Trinajstić information content (AvgIpc) is 2.23. The molecule has 0 bridgehead atoms. The first kappa shape index (κ1) is 10.6. The zero-order valence-electron chi connectivity index (χ0n) is 8.57. The Morgan fingerprint density at radius 3 is 2.58 bits per heavy atom. The number of rotatable bonds is 3. The summed E-state index contributed by atoms with van der Waals surface area (Å²) in [7, 11) is 0. The van der Waals surface area contributed by atoms with Crippen LogP contribution >= 0.6 is 15.9 Å². The number of hydrogen-bond acceptors (Lipinski definition) is 0. The maximum atomic E-state index is 3.75. The first-order chi connectivity index (χ1) is 5.58. The smallest absolute Gasteiger partial charge is 0.0153 e. The van der Waals surface area contributed by atoms with Gasteiger partial charge < -0.3 is 0 Å². The lowest BCUT2D eigenvalue weighted by Gasteiger charge is -2.29. The highest BCUT2D eigenvalue weighted by molar-refractivity contribution is 9.09. The average molecular weight is 233 g/mol. The standard InChI is InChI=1S/C11H21Br/c1-4-5-6-11(3)8-10(12)7-9(11)2/h9-10H,4-8H2,1-3H3/t9?,10-,11-/m1/s1. The van der Waals surface area contributed by atoms with Crippen molar-refractivity contribution in [2.75, 3.05) is 0 Å². The summed E-state index contributed by atoms with van der Waals surface area (Å²) in [4.78, 5) is 0.786. The van der Waals surface area contributed by atoms with E-state index in [9.17, 15) is 0 Å². The molecular weight excluding hydrogens is 212 g/mol. The van der Waals surface area contributed by atoms with E-state index >= 15 is 0 Å². The second kappa shape index (κ2) is 4.13. The van der Waals surface area contributed by atoms with Gasteiger partial charge in [-0.1, -0.05) is 49.5 Å². The van der Waals surface area contributed by atoms with Crippen LogP contribution in [0.5, 0.6) is 0 Å². The maximum Gasteiger partial charge on any atom is 0.0153 e. The minimum atomic E-state index is 0.629. The molecule has 1 saturated carbocycles. The summed E-state index contributed by atoms with van der Waals surface area (Å²) in [5.74, 6) is 0.911. The highest BCUT2D eigenvalue weighted by atomic mass is 79.9. The summed E-state index contributed by atoms with van der Waals surface area (Å²) in [5, 5.41) is 0. The zero-order chi connectivity index (χ0) is 9.19. The minimum Gasteiger partial charge on any atom is -0.0890 e. The van der Waals surface area contributed by atoms with Gasteiger partial charge in [-0.05, 0) is 30.6 Å². The third-order valence-electron chi connectivity index (χ3n) is 3.59. The summed E-state index contributed by atoms with van der Waals surface area (Å²) < 4.78 is 0. The number of hydrogen-bond donors (Lipinski definition) is 0. The second-order valence-electron chi connectivity index (χ2n) is 4.70. The molecule has 1 heteroatoms. The predicted molar refractivity (Wildman–Crippen MR) is 58.7 cm³/mol. The molecule has 1 rings (SSSR count). The molecule has 12 heavy (non-hydrogen) atoms. The van der Waals surface area contributed by atoms with E-state index < -0.39 is 0 Å². The van der Waals surface area contributed by atoms with Crippen LogP contribution in [-0.2, 0) is 0 Å². The Morgan fingerprint density at radius 2 is 2.17 bits per heavy atom. The van der Waals surface area contributed by atoms with Crippen molar-refractivity contribution in [1.82, 2.24) is 0 Å². The number of unbranched alkanes of at least 4 members (excludes halogenated alkanes) is 1. The van der Waals surface area contributed by atoms with Gasteiger partial charge in [0.05, 0.1) is 0 Å². The molecule has 1 aliphatic rings. The Kier molecular flexibility index (Phi) is 3.63. The fourth-order valence-electron chi connectivity index (χ4n) is 2.39. The van der Waals surface area contributed by atoms with E-state index in [1.165, 1.54) is 32.1 Å². The third kappa shape index (κ3) is 2.25. The Hall–Kier alpha value is 0.480. The molecule has 0 amide bonds. The van der Waals surface area contributed by atoms with E-state index in [-0.39, 0.29) is 0 Å². The van der Waals surface area contributed by atoms with Gasteiger partial charge in [-0.25, -0.2) is 0 Å². The van der Waals surface area contributed by atoms with Crippen molar-refractivity contribution in [3.63, 3.8) is 0 Å². The minimum absolute atomic E-state index is 0.629. The van der Waals surface area contributed by atoms with Crippen LogP contribution in [-0.4, -0.2) is 4.83 Å². The van der Waals surface area contributed by atoms with Gasteiger partial charge in [0.1, 0.15) is 0 Å². The third-order valence-corrected chi connectivity index (χ3v) is 4.29. The number of alkyl halides is 1. The summed E-state index contributed by atoms with van der Waals surface area (Å²) in [6.07, 6.45) is 6.93. The van der Waals surface area contributed by atoms with Crippen molar-refractivity contribution in [2.45, 2.75) is 57.7 Å². The van der Waals surface area contributed by atoms with Gasteiger partial charge in [-0.2, -0.15) is 0 Å². The predicted octanol–water partition coefficient (Wildman–Crippen LogP) is 4.38. The van der Waals surface area contributed by atoms with Gasteiger partial charge in [0.25, 0.3) is 0 Å². The van der Waals surface area contributed by atoms with Crippen molar-refractivity contribution in [3.05, 3.63) is 0 Å². The molecule has 1 aliphatic carbocycles. The Labute approximate surface area is 85.3 Å². The summed E-state index contributed by atoms with van der Waals surface area (Å²) in [6, 6.07) is 0. The lowest BCUT2D eigenvalue weighted by molar-refractivity contribution is 0.219. The topological polar surface area (TPSA) is 0 Å². The van der Waals surface area contributed by atoms with Gasteiger partial charge in [0.2, 0.25) is 0 Å². The fraction of sp³-hybridized carbons (Fsp3) is 1.00. The largest absolute Gasteiger partial charge is 0.0890 e.